The molecule has 2 heterocycles. The number of ether oxygens (including phenoxy) is 1. The van der Waals surface area contributed by atoms with Crippen LogP contribution in [0.4, 0.5) is 4.39 Å². The first-order chi connectivity index (χ1) is 12.8. The van der Waals surface area contributed by atoms with Gasteiger partial charge in [0.1, 0.15) is 21.7 Å². The maximum atomic E-state index is 13.1. The summed E-state index contributed by atoms with van der Waals surface area (Å²) in [6.45, 7) is 0.136. The van der Waals surface area contributed by atoms with E-state index in [0.717, 1.165) is 11.3 Å². The summed E-state index contributed by atoms with van der Waals surface area (Å²) in [6, 6.07) is 8.20. The number of thiophene rings is 1. The summed E-state index contributed by atoms with van der Waals surface area (Å²) in [6.07, 6.45) is -0.888. The van der Waals surface area contributed by atoms with Crippen LogP contribution in [0.15, 0.2) is 40.6 Å². The number of hydrogen-bond donors (Lipinski definition) is 0. The average molecular weight is 453 g/mol. The molecule has 6 nitrogen and oxygen atoms in total. The van der Waals surface area contributed by atoms with Crippen LogP contribution < -0.4 is 4.74 Å². The molecule has 1 aromatic carbocycles. The van der Waals surface area contributed by atoms with E-state index in [9.17, 15) is 17.6 Å². The number of alkyl halides is 1. The van der Waals surface area contributed by atoms with Gasteiger partial charge in [0.25, 0.3) is 10.0 Å². The molecule has 1 atom stereocenters. The zero-order chi connectivity index (χ0) is 19.6. The molecule has 0 aliphatic carbocycles. The number of nitrogens with zero attached hydrogens (tertiary/aromatic N) is 2. The molecule has 146 valence electrons. The first kappa shape index (κ1) is 20.3. The molecule has 0 bridgehead atoms. The van der Waals surface area contributed by atoms with Crippen LogP contribution in [0.2, 0.25) is 4.34 Å². The van der Waals surface area contributed by atoms with Crippen LogP contribution in [0, 0.1) is 5.82 Å². The minimum Gasteiger partial charge on any atom is -0.469 e. The molecule has 3 rings (SSSR count). The lowest BCUT2D eigenvalue weighted by atomic mass is 10.3. The molecule has 11 heteroatoms. The third kappa shape index (κ3) is 4.55. The van der Waals surface area contributed by atoms with E-state index in [4.69, 9.17) is 27.9 Å². The summed E-state index contributed by atoms with van der Waals surface area (Å²) in [7, 11) is -3.77. The molecule has 1 aliphatic rings. The molecule has 1 amide bonds. The Balaban J connectivity index is 1.84. The number of halogens is 3. The van der Waals surface area contributed by atoms with Gasteiger partial charge in [-0.15, -0.1) is 22.9 Å². The van der Waals surface area contributed by atoms with E-state index < -0.39 is 22.1 Å². The minimum atomic E-state index is -3.77. The van der Waals surface area contributed by atoms with Crippen LogP contribution in [0.1, 0.15) is 0 Å². The Kier molecular flexibility index (Phi) is 6.27. The molecule has 1 aromatic heterocycles. The van der Waals surface area contributed by atoms with E-state index in [-0.39, 0.29) is 35.6 Å². The SMILES string of the molecule is O=C(CCl)N1CCN(S(=O)(=O)c2ccc(Cl)s2)C[C@@H]1Oc1ccc(F)cc1. The van der Waals surface area contributed by atoms with Gasteiger partial charge >= 0.3 is 0 Å². The van der Waals surface area contributed by atoms with Crippen LogP contribution in [0.25, 0.3) is 0 Å². The molecule has 0 saturated carbocycles. The smallest absolute Gasteiger partial charge is 0.252 e. The Hall–Kier alpha value is -1.39. The highest BCUT2D eigenvalue weighted by Gasteiger charge is 2.37. The zero-order valence-corrected chi connectivity index (χ0v) is 17.0. The lowest BCUT2D eigenvalue weighted by Gasteiger charge is -2.40. The molecular weight excluding hydrogens is 438 g/mol. The van der Waals surface area contributed by atoms with Crippen molar-refractivity contribution < 1.29 is 22.3 Å². The molecule has 0 spiro atoms. The van der Waals surface area contributed by atoms with Gasteiger partial charge in [-0.3, -0.25) is 4.79 Å². The molecule has 27 heavy (non-hydrogen) atoms. The Bertz CT molecular complexity index is 921. The van der Waals surface area contributed by atoms with Gasteiger partial charge in [0.05, 0.1) is 10.9 Å². The Morgan fingerprint density at radius 1 is 1.22 bits per heavy atom. The zero-order valence-electron chi connectivity index (χ0n) is 13.8. The Morgan fingerprint density at radius 2 is 1.93 bits per heavy atom. The summed E-state index contributed by atoms with van der Waals surface area (Å²) < 4.78 is 46.2. The largest absolute Gasteiger partial charge is 0.469 e. The summed E-state index contributed by atoms with van der Waals surface area (Å²) in [5, 5.41) is 0. The fraction of sp³-hybridized carbons (Fsp3) is 0.312. The van der Waals surface area contributed by atoms with Crippen LogP contribution in [0.5, 0.6) is 5.75 Å². The highest BCUT2D eigenvalue weighted by Crippen LogP contribution is 2.30. The van der Waals surface area contributed by atoms with Crippen molar-refractivity contribution in [2.75, 3.05) is 25.5 Å². The van der Waals surface area contributed by atoms with Crippen LogP contribution in [-0.2, 0) is 14.8 Å². The third-order valence-corrected chi connectivity index (χ3v) is 7.75. The van der Waals surface area contributed by atoms with Crippen molar-refractivity contribution in [3.63, 3.8) is 0 Å². The first-order valence-electron chi connectivity index (χ1n) is 7.84. The van der Waals surface area contributed by atoms with Gasteiger partial charge in [0.2, 0.25) is 5.91 Å². The summed E-state index contributed by atoms with van der Waals surface area (Å²) in [4.78, 5) is 13.5. The van der Waals surface area contributed by atoms with Gasteiger partial charge in [-0.1, -0.05) is 11.6 Å². The fourth-order valence-electron chi connectivity index (χ4n) is 2.64. The van der Waals surface area contributed by atoms with Crippen molar-refractivity contribution in [1.82, 2.24) is 9.21 Å². The van der Waals surface area contributed by atoms with Gasteiger partial charge < -0.3 is 9.64 Å². The van der Waals surface area contributed by atoms with Gasteiger partial charge in [0, 0.05) is 13.1 Å². The molecule has 1 saturated heterocycles. The van der Waals surface area contributed by atoms with Crippen molar-refractivity contribution in [1.29, 1.82) is 0 Å². The maximum Gasteiger partial charge on any atom is 0.252 e. The first-order valence-corrected chi connectivity index (χ1v) is 11.0. The molecule has 0 radical (unpaired) electrons. The number of sulfonamides is 1. The molecule has 0 N–H and O–H groups in total. The number of amides is 1. The van der Waals surface area contributed by atoms with Gasteiger partial charge in [-0.25, -0.2) is 12.8 Å². The van der Waals surface area contributed by atoms with Crippen molar-refractivity contribution in [2.45, 2.75) is 10.4 Å². The predicted octanol–water partition coefficient (Wildman–Crippen LogP) is 3.02. The predicted molar refractivity (Wildman–Crippen MR) is 101 cm³/mol. The molecule has 1 fully saturated rings. The van der Waals surface area contributed by atoms with Gasteiger partial charge in [-0.05, 0) is 36.4 Å². The van der Waals surface area contributed by atoms with E-state index >= 15 is 0 Å². The van der Waals surface area contributed by atoms with Crippen molar-refractivity contribution in [2.24, 2.45) is 0 Å². The second-order valence-electron chi connectivity index (χ2n) is 5.67. The van der Waals surface area contributed by atoms with Gasteiger partial charge in [0.15, 0.2) is 6.23 Å². The number of hydrogen-bond acceptors (Lipinski definition) is 5. The fourth-order valence-corrected chi connectivity index (χ4v) is 5.86. The second kappa shape index (κ2) is 8.32. The van der Waals surface area contributed by atoms with E-state index in [1.165, 1.54) is 45.6 Å². The third-order valence-electron chi connectivity index (χ3n) is 3.96. The maximum absolute atomic E-state index is 13.1. The van der Waals surface area contributed by atoms with Crippen molar-refractivity contribution >= 4 is 50.5 Å². The summed E-state index contributed by atoms with van der Waals surface area (Å²) in [5.41, 5.74) is 0. The number of carbonyl (C=O) groups excluding carboxylic acids is 1. The number of rotatable bonds is 5. The van der Waals surface area contributed by atoms with E-state index in [2.05, 4.69) is 0 Å². The molecule has 0 unspecified atom stereocenters. The highest BCUT2D eigenvalue weighted by molar-refractivity contribution is 7.91. The molecule has 1 aliphatic heterocycles. The second-order valence-corrected chi connectivity index (χ2v) is 9.82. The van der Waals surface area contributed by atoms with Gasteiger partial charge in [-0.2, -0.15) is 4.31 Å². The minimum absolute atomic E-state index is 0.0855. The van der Waals surface area contributed by atoms with Crippen molar-refractivity contribution in [3.05, 3.63) is 46.6 Å². The number of carbonyl (C=O) groups is 1. The van der Waals surface area contributed by atoms with E-state index in [1.54, 1.807) is 0 Å². The van der Waals surface area contributed by atoms with Crippen LogP contribution in [0.3, 0.4) is 0 Å². The van der Waals surface area contributed by atoms with E-state index in [1.807, 2.05) is 0 Å². The number of benzene rings is 1. The number of piperazine rings is 1. The summed E-state index contributed by atoms with van der Waals surface area (Å²) in [5.74, 6) is -0.748. The molecule has 2 aromatic rings. The Labute approximate surface area is 170 Å². The topological polar surface area (TPSA) is 66.9 Å². The van der Waals surface area contributed by atoms with Crippen LogP contribution in [-0.4, -0.2) is 55.3 Å². The lowest BCUT2D eigenvalue weighted by Crippen LogP contribution is -2.58. The normalized spacial score (nSPS) is 18.5. The highest BCUT2D eigenvalue weighted by atomic mass is 35.5. The quantitative estimate of drug-likeness (QED) is 0.653. The monoisotopic (exact) mass is 452 g/mol. The average Bonchev–Trinajstić information content (AvgIpc) is 3.10. The molecular formula is C16H15Cl2FN2O4S2. The van der Waals surface area contributed by atoms with Crippen molar-refractivity contribution in [3.8, 4) is 5.75 Å². The Morgan fingerprint density at radius 3 is 2.52 bits per heavy atom. The van der Waals surface area contributed by atoms with E-state index in [0.29, 0.717) is 10.1 Å². The standard InChI is InChI=1S/C16H15Cl2FN2O4S2/c17-9-14(22)21-8-7-20(27(23,24)16-6-5-13(18)26-16)10-15(21)25-12-3-1-11(19)2-4-12/h1-6,15H,7-10H2/t15-/m0/s1. The summed E-state index contributed by atoms with van der Waals surface area (Å²) >= 11 is 12.5. The lowest BCUT2D eigenvalue weighted by molar-refractivity contribution is -0.140. The van der Waals surface area contributed by atoms with Crippen LogP contribution >= 0.6 is 34.5 Å².